The molecule has 0 saturated heterocycles. The standard InChI is InChI=1S/C18H26O/c1-17(2,3)11-9-14-7-8-16(19)15(13-14)10-12-18(4,5)6/h7-13,19H,1-6H3/b11-9+,12-10+. The van der Waals surface area contributed by atoms with Crippen molar-refractivity contribution in [3.63, 3.8) is 0 Å². The van der Waals surface area contributed by atoms with Crippen LogP contribution in [-0.4, -0.2) is 5.11 Å². The number of hydrogen-bond donors (Lipinski definition) is 1. The Bertz CT molecular complexity index is 479. The number of allylic oxidation sites excluding steroid dienone is 2. The van der Waals surface area contributed by atoms with Crippen LogP contribution in [0, 0.1) is 10.8 Å². The van der Waals surface area contributed by atoms with Gasteiger partial charge in [0.05, 0.1) is 0 Å². The summed E-state index contributed by atoms with van der Waals surface area (Å²) in [6.45, 7) is 12.9. The van der Waals surface area contributed by atoms with Gasteiger partial charge in [-0.15, -0.1) is 0 Å². The third-order valence-electron chi connectivity index (χ3n) is 2.59. The van der Waals surface area contributed by atoms with E-state index in [4.69, 9.17) is 0 Å². The number of benzene rings is 1. The number of hydrogen-bond acceptors (Lipinski definition) is 1. The Balaban J connectivity index is 3.02. The van der Waals surface area contributed by atoms with Gasteiger partial charge in [-0.3, -0.25) is 0 Å². The fourth-order valence-electron chi connectivity index (χ4n) is 1.50. The second kappa shape index (κ2) is 5.64. The molecule has 0 aliphatic heterocycles. The van der Waals surface area contributed by atoms with Gasteiger partial charge in [0.15, 0.2) is 0 Å². The zero-order chi connectivity index (χ0) is 14.7. The van der Waals surface area contributed by atoms with Crippen molar-refractivity contribution in [2.24, 2.45) is 10.8 Å². The summed E-state index contributed by atoms with van der Waals surface area (Å²) in [7, 11) is 0. The van der Waals surface area contributed by atoms with E-state index in [1.54, 1.807) is 6.07 Å². The van der Waals surface area contributed by atoms with Crippen LogP contribution in [0.15, 0.2) is 30.4 Å². The van der Waals surface area contributed by atoms with Crippen molar-refractivity contribution in [3.8, 4) is 5.75 Å². The molecule has 0 fully saturated rings. The largest absolute Gasteiger partial charge is 0.507 e. The molecule has 0 heterocycles. The monoisotopic (exact) mass is 258 g/mol. The summed E-state index contributed by atoms with van der Waals surface area (Å²) < 4.78 is 0. The number of aromatic hydroxyl groups is 1. The molecule has 0 aliphatic carbocycles. The lowest BCUT2D eigenvalue weighted by atomic mass is 9.94. The Kier molecular flexibility index (Phi) is 4.62. The first-order chi connectivity index (χ1) is 8.57. The molecule has 19 heavy (non-hydrogen) atoms. The number of rotatable bonds is 2. The highest BCUT2D eigenvalue weighted by atomic mass is 16.3. The van der Waals surface area contributed by atoms with Crippen LogP contribution in [-0.2, 0) is 0 Å². The first kappa shape index (κ1) is 15.6. The van der Waals surface area contributed by atoms with Crippen LogP contribution in [0.4, 0.5) is 0 Å². The minimum absolute atomic E-state index is 0.115. The van der Waals surface area contributed by atoms with Crippen LogP contribution in [0.25, 0.3) is 12.2 Å². The quantitative estimate of drug-likeness (QED) is 0.741. The van der Waals surface area contributed by atoms with Crippen LogP contribution in [0.1, 0.15) is 52.7 Å². The number of phenolic OH excluding ortho intramolecular Hbond substituents is 1. The zero-order valence-corrected chi connectivity index (χ0v) is 13.0. The van der Waals surface area contributed by atoms with Gasteiger partial charge < -0.3 is 5.11 Å². The molecule has 1 aromatic carbocycles. The van der Waals surface area contributed by atoms with Gasteiger partial charge in [0.2, 0.25) is 0 Å². The van der Waals surface area contributed by atoms with E-state index in [1.165, 1.54) is 0 Å². The molecule has 0 amide bonds. The third kappa shape index (κ3) is 6.28. The molecule has 0 unspecified atom stereocenters. The van der Waals surface area contributed by atoms with Crippen molar-refractivity contribution in [1.82, 2.24) is 0 Å². The molecule has 1 aromatic rings. The van der Waals surface area contributed by atoms with Crippen LogP contribution < -0.4 is 0 Å². The topological polar surface area (TPSA) is 20.2 Å². The molecule has 0 bridgehead atoms. The van der Waals surface area contributed by atoms with Crippen molar-refractivity contribution >= 4 is 12.2 Å². The predicted octanol–water partition coefficient (Wildman–Crippen LogP) is 5.51. The van der Waals surface area contributed by atoms with E-state index in [1.807, 2.05) is 18.2 Å². The van der Waals surface area contributed by atoms with Gasteiger partial charge in [0.1, 0.15) is 5.75 Å². The van der Waals surface area contributed by atoms with Crippen LogP contribution in [0.3, 0.4) is 0 Å². The fourth-order valence-corrected chi connectivity index (χ4v) is 1.50. The van der Waals surface area contributed by atoms with Gasteiger partial charge >= 0.3 is 0 Å². The smallest absolute Gasteiger partial charge is 0.122 e. The SMILES string of the molecule is CC(C)(C)/C=C/c1ccc(O)c(/C=C/C(C)(C)C)c1. The Hall–Kier alpha value is -1.50. The van der Waals surface area contributed by atoms with Gasteiger partial charge in [0.25, 0.3) is 0 Å². The molecule has 1 rings (SSSR count). The van der Waals surface area contributed by atoms with E-state index < -0.39 is 0 Å². The van der Waals surface area contributed by atoms with E-state index in [-0.39, 0.29) is 10.8 Å². The highest BCUT2D eigenvalue weighted by molar-refractivity contribution is 5.63. The first-order valence-corrected chi connectivity index (χ1v) is 6.78. The molecule has 1 heteroatoms. The van der Waals surface area contributed by atoms with Crippen LogP contribution in [0.5, 0.6) is 5.75 Å². The average Bonchev–Trinajstić information content (AvgIpc) is 2.24. The molecule has 0 aromatic heterocycles. The summed E-state index contributed by atoms with van der Waals surface area (Å²) in [5.74, 6) is 0.327. The number of phenols is 1. The molecule has 0 aliphatic rings. The highest BCUT2D eigenvalue weighted by Gasteiger charge is 2.06. The van der Waals surface area contributed by atoms with Crippen molar-refractivity contribution in [2.45, 2.75) is 41.5 Å². The van der Waals surface area contributed by atoms with E-state index >= 15 is 0 Å². The molecular weight excluding hydrogens is 232 g/mol. The molecule has 0 saturated carbocycles. The second-order valence-corrected chi connectivity index (χ2v) is 7.22. The molecule has 104 valence electrons. The fraction of sp³-hybridized carbons (Fsp3) is 0.444. The minimum Gasteiger partial charge on any atom is -0.507 e. The van der Waals surface area contributed by atoms with Crippen LogP contribution in [0.2, 0.25) is 0 Å². The highest BCUT2D eigenvalue weighted by Crippen LogP contribution is 2.25. The first-order valence-electron chi connectivity index (χ1n) is 6.78. The Morgan fingerprint density at radius 3 is 1.89 bits per heavy atom. The molecule has 0 atom stereocenters. The van der Waals surface area contributed by atoms with E-state index in [0.717, 1.165) is 11.1 Å². The lowest BCUT2D eigenvalue weighted by Gasteiger charge is -2.12. The third-order valence-corrected chi connectivity index (χ3v) is 2.59. The van der Waals surface area contributed by atoms with E-state index in [2.05, 4.69) is 59.8 Å². The van der Waals surface area contributed by atoms with Crippen molar-refractivity contribution < 1.29 is 5.11 Å². The van der Waals surface area contributed by atoms with Gasteiger partial charge in [-0.2, -0.15) is 0 Å². The molecule has 1 N–H and O–H groups in total. The lowest BCUT2D eigenvalue weighted by Crippen LogP contribution is -1.98. The normalized spacial score (nSPS) is 13.6. The van der Waals surface area contributed by atoms with E-state index in [0.29, 0.717) is 5.75 Å². The van der Waals surface area contributed by atoms with E-state index in [9.17, 15) is 5.11 Å². The zero-order valence-electron chi connectivity index (χ0n) is 13.0. The average molecular weight is 258 g/mol. The molecule has 1 nitrogen and oxygen atoms in total. The van der Waals surface area contributed by atoms with Gasteiger partial charge in [0, 0.05) is 5.56 Å². The summed E-state index contributed by atoms with van der Waals surface area (Å²) in [6, 6.07) is 5.70. The summed E-state index contributed by atoms with van der Waals surface area (Å²) >= 11 is 0. The van der Waals surface area contributed by atoms with Crippen LogP contribution >= 0.6 is 0 Å². The molecule has 0 radical (unpaired) electrons. The Labute approximate surface area is 117 Å². The van der Waals surface area contributed by atoms with Gasteiger partial charge in [-0.1, -0.05) is 71.9 Å². The van der Waals surface area contributed by atoms with Gasteiger partial charge in [-0.05, 0) is 28.5 Å². The molecular formula is C18H26O. The Morgan fingerprint density at radius 2 is 1.37 bits per heavy atom. The summed E-state index contributed by atoms with van der Waals surface area (Å²) in [6.07, 6.45) is 8.38. The van der Waals surface area contributed by atoms with Crippen molar-refractivity contribution in [2.75, 3.05) is 0 Å². The summed E-state index contributed by atoms with van der Waals surface area (Å²) in [5, 5.41) is 9.88. The van der Waals surface area contributed by atoms with Crippen molar-refractivity contribution in [3.05, 3.63) is 41.5 Å². The maximum Gasteiger partial charge on any atom is 0.122 e. The van der Waals surface area contributed by atoms with Crippen molar-refractivity contribution in [1.29, 1.82) is 0 Å². The second-order valence-electron chi connectivity index (χ2n) is 7.22. The molecule has 0 spiro atoms. The maximum atomic E-state index is 9.88. The van der Waals surface area contributed by atoms with Gasteiger partial charge in [-0.25, -0.2) is 0 Å². The summed E-state index contributed by atoms with van der Waals surface area (Å²) in [5.41, 5.74) is 2.26. The lowest BCUT2D eigenvalue weighted by molar-refractivity contribution is 0.474. The maximum absolute atomic E-state index is 9.88. The Morgan fingerprint density at radius 1 is 0.842 bits per heavy atom. The minimum atomic E-state index is 0.115. The predicted molar refractivity (Wildman–Crippen MR) is 85.1 cm³/mol. The summed E-state index contributed by atoms with van der Waals surface area (Å²) in [4.78, 5) is 0.